The number of rotatable bonds is 19. The summed E-state index contributed by atoms with van der Waals surface area (Å²) in [6.07, 6.45) is 19.9. The summed E-state index contributed by atoms with van der Waals surface area (Å²) in [5.41, 5.74) is 3.92. The lowest BCUT2D eigenvalue weighted by atomic mass is 9.95. The van der Waals surface area contributed by atoms with E-state index in [1.54, 1.807) is 0 Å². The molecule has 2 aromatic rings. The fourth-order valence-corrected chi connectivity index (χ4v) is 4.56. The highest BCUT2D eigenvalue weighted by Gasteiger charge is 2.10. The van der Waals surface area contributed by atoms with E-state index < -0.39 is 0 Å². The first-order valence-corrected chi connectivity index (χ1v) is 13.5. The zero-order chi connectivity index (χ0) is 23.6. The Labute approximate surface area is 202 Å². The number of carbonyl (C=O) groups excluding carboxylic acids is 1. The molecular formula is C31H46O2. The van der Waals surface area contributed by atoms with Crippen LogP contribution >= 0.6 is 0 Å². The number of ketones is 1. The van der Waals surface area contributed by atoms with Gasteiger partial charge in [-0.3, -0.25) is 4.79 Å². The molecule has 0 aliphatic heterocycles. The smallest absolute Gasteiger partial charge is 0.162 e. The van der Waals surface area contributed by atoms with Crippen LogP contribution in [0.25, 0.3) is 0 Å². The van der Waals surface area contributed by atoms with E-state index >= 15 is 0 Å². The van der Waals surface area contributed by atoms with Crippen molar-refractivity contribution in [1.82, 2.24) is 0 Å². The molecule has 2 nitrogen and oxygen atoms in total. The minimum absolute atomic E-state index is 0.0257. The molecule has 0 amide bonds. The van der Waals surface area contributed by atoms with Crippen molar-refractivity contribution in [3.8, 4) is 0 Å². The van der Waals surface area contributed by atoms with Gasteiger partial charge in [-0.05, 0) is 35.6 Å². The second kappa shape index (κ2) is 17.5. The monoisotopic (exact) mass is 450 g/mol. The first kappa shape index (κ1) is 27.3. The maximum atomic E-state index is 12.6. The third-order valence-electron chi connectivity index (χ3n) is 6.69. The third kappa shape index (κ3) is 11.7. The van der Waals surface area contributed by atoms with Crippen LogP contribution in [0.4, 0.5) is 0 Å². The molecule has 2 rings (SSSR count). The van der Waals surface area contributed by atoms with E-state index in [0.717, 1.165) is 36.0 Å². The van der Waals surface area contributed by atoms with E-state index in [2.05, 4.69) is 19.1 Å². The van der Waals surface area contributed by atoms with Crippen molar-refractivity contribution in [2.24, 2.45) is 0 Å². The summed E-state index contributed by atoms with van der Waals surface area (Å²) in [6, 6.07) is 16.1. The fourth-order valence-electron chi connectivity index (χ4n) is 4.56. The van der Waals surface area contributed by atoms with Crippen molar-refractivity contribution < 1.29 is 9.90 Å². The molecule has 0 aliphatic carbocycles. The predicted molar refractivity (Wildman–Crippen MR) is 141 cm³/mol. The summed E-state index contributed by atoms with van der Waals surface area (Å²) < 4.78 is 0. The molecule has 0 bridgehead atoms. The quantitative estimate of drug-likeness (QED) is 0.171. The Morgan fingerprint density at radius 1 is 0.667 bits per heavy atom. The van der Waals surface area contributed by atoms with Crippen LogP contribution < -0.4 is 0 Å². The number of hydrogen-bond acceptors (Lipinski definition) is 2. The minimum Gasteiger partial charge on any atom is -0.392 e. The van der Waals surface area contributed by atoms with Crippen molar-refractivity contribution >= 4 is 5.78 Å². The highest BCUT2D eigenvalue weighted by molar-refractivity contribution is 5.96. The number of aliphatic hydroxyl groups excluding tert-OH is 1. The summed E-state index contributed by atoms with van der Waals surface area (Å²) in [6.45, 7) is 2.25. The van der Waals surface area contributed by atoms with Crippen molar-refractivity contribution in [2.45, 2.75) is 116 Å². The SMILES string of the molecule is CCCCCCCCCCCCCCCCC(=O)c1ccc(Cc2ccccc2)c(CO)c1. The summed E-state index contributed by atoms with van der Waals surface area (Å²) >= 11 is 0. The highest BCUT2D eigenvalue weighted by Crippen LogP contribution is 2.19. The zero-order valence-electron chi connectivity index (χ0n) is 21.0. The molecule has 0 aliphatic rings. The summed E-state index contributed by atoms with van der Waals surface area (Å²) in [7, 11) is 0. The van der Waals surface area contributed by atoms with Gasteiger partial charge in [0, 0.05) is 12.0 Å². The van der Waals surface area contributed by atoms with E-state index in [4.69, 9.17) is 0 Å². The largest absolute Gasteiger partial charge is 0.392 e. The van der Waals surface area contributed by atoms with Gasteiger partial charge in [-0.15, -0.1) is 0 Å². The van der Waals surface area contributed by atoms with E-state index in [1.165, 1.54) is 82.6 Å². The van der Waals surface area contributed by atoms with Gasteiger partial charge in [-0.1, -0.05) is 133 Å². The zero-order valence-corrected chi connectivity index (χ0v) is 21.0. The Hall–Kier alpha value is -1.93. The molecule has 0 aromatic heterocycles. The van der Waals surface area contributed by atoms with Crippen LogP contribution in [0.1, 0.15) is 130 Å². The average molecular weight is 451 g/mol. The Morgan fingerprint density at radius 2 is 1.21 bits per heavy atom. The van der Waals surface area contributed by atoms with E-state index in [1.807, 2.05) is 36.4 Å². The second-order valence-corrected chi connectivity index (χ2v) is 9.57. The summed E-state index contributed by atoms with van der Waals surface area (Å²) in [4.78, 5) is 12.6. The van der Waals surface area contributed by atoms with Crippen LogP contribution in [0.2, 0.25) is 0 Å². The number of benzene rings is 2. The second-order valence-electron chi connectivity index (χ2n) is 9.57. The van der Waals surface area contributed by atoms with Gasteiger partial charge in [-0.2, -0.15) is 0 Å². The number of Topliss-reactive ketones (excluding diaryl/α,β-unsaturated/α-hetero) is 1. The van der Waals surface area contributed by atoms with Gasteiger partial charge in [0.2, 0.25) is 0 Å². The van der Waals surface area contributed by atoms with Crippen molar-refractivity contribution in [2.75, 3.05) is 0 Å². The average Bonchev–Trinajstić information content (AvgIpc) is 2.85. The molecule has 2 heteroatoms. The molecule has 33 heavy (non-hydrogen) atoms. The Morgan fingerprint density at radius 3 is 1.76 bits per heavy atom. The van der Waals surface area contributed by atoms with Crippen molar-refractivity contribution in [3.05, 3.63) is 70.8 Å². The number of aliphatic hydroxyl groups is 1. The van der Waals surface area contributed by atoms with Gasteiger partial charge in [0.05, 0.1) is 6.61 Å². The maximum absolute atomic E-state index is 12.6. The van der Waals surface area contributed by atoms with E-state index in [9.17, 15) is 9.90 Å². The Kier molecular flexibility index (Phi) is 14.5. The lowest BCUT2D eigenvalue weighted by Gasteiger charge is -2.10. The molecule has 0 saturated carbocycles. The topological polar surface area (TPSA) is 37.3 Å². The van der Waals surface area contributed by atoms with Crippen LogP contribution in [0.15, 0.2) is 48.5 Å². The molecule has 0 atom stereocenters. The van der Waals surface area contributed by atoms with Gasteiger partial charge in [0.15, 0.2) is 5.78 Å². The molecule has 0 fully saturated rings. The Bertz CT molecular complexity index is 766. The van der Waals surface area contributed by atoms with Gasteiger partial charge < -0.3 is 5.11 Å². The first-order valence-electron chi connectivity index (χ1n) is 13.5. The highest BCUT2D eigenvalue weighted by atomic mass is 16.3. The van der Waals surface area contributed by atoms with Crippen LogP contribution in [0.3, 0.4) is 0 Å². The van der Waals surface area contributed by atoms with Crippen LogP contribution in [0.5, 0.6) is 0 Å². The van der Waals surface area contributed by atoms with E-state index in [-0.39, 0.29) is 12.4 Å². The molecule has 1 N–H and O–H groups in total. The van der Waals surface area contributed by atoms with E-state index in [0.29, 0.717) is 6.42 Å². The molecule has 2 aromatic carbocycles. The molecular weight excluding hydrogens is 404 g/mol. The van der Waals surface area contributed by atoms with Crippen molar-refractivity contribution in [3.63, 3.8) is 0 Å². The molecule has 182 valence electrons. The minimum atomic E-state index is -0.0257. The Balaban J connectivity index is 1.55. The fraction of sp³-hybridized carbons (Fsp3) is 0.581. The van der Waals surface area contributed by atoms with Gasteiger partial charge >= 0.3 is 0 Å². The van der Waals surface area contributed by atoms with Gasteiger partial charge in [0.1, 0.15) is 0 Å². The normalized spacial score (nSPS) is 11.1. The first-order chi connectivity index (χ1) is 16.2. The van der Waals surface area contributed by atoms with Crippen LogP contribution in [0, 0.1) is 0 Å². The number of unbranched alkanes of at least 4 members (excludes halogenated alkanes) is 13. The molecule has 0 heterocycles. The molecule has 0 radical (unpaired) electrons. The number of carbonyl (C=O) groups is 1. The summed E-state index contributed by atoms with van der Waals surface area (Å²) in [5.74, 6) is 0.204. The third-order valence-corrected chi connectivity index (χ3v) is 6.69. The van der Waals surface area contributed by atoms with Gasteiger partial charge in [-0.25, -0.2) is 0 Å². The molecule has 0 unspecified atom stereocenters. The lowest BCUT2D eigenvalue weighted by molar-refractivity contribution is 0.0979. The maximum Gasteiger partial charge on any atom is 0.162 e. The standard InChI is InChI=1S/C31H46O2/c1-2-3-4-5-6-7-8-9-10-11-12-13-14-18-21-31(33)29-23-22-28(30(25-29)26-32)24-27-19-16-15-17-20-27/h15-17,19-20,22-23,25,32H,2-14,18,21,24,26H2,1H3. The summed E-state index contributed by atoms with van der Waals surface area (Å²) in [5, 5.41) is 9.80. The molecule has 0 spiro atoms. The van der Waals surface area contributed by atoms with Crippen LogP contribution in [-0.2, 0) is 13.0 Å². The lowest BCUT2D eigenvalue weighted by Crippen LogP contribution is -2.03. The molecule has 0 saturated heterocycles. The van der Waals surface area contributed by atoms with Gasteiger partial charge in [0.25, 0.3) is 0 Å². The number of hydrogen-bond donors (Lipinski definition) is 1. The van der Waals surface area contributed by atoms with Crippen LogP contribution in [-0.4, -0.2) is 10.9 Å². The van der Waals surface area contributed by atoms with Crippen molar-refractivity contribution in [1.29, 1.82) is 0 Å². The predicted octanol–water partition coefficient (Wildman–Crippen LogP) is 8.82.